The highest BCUT2D eigenvalue weighted by molar-refractivity contribution is 6.35. The Morgan fingerprint density at radius 3 is 2.48 bits per heavy atom. The second-order valence-corrected chi connectivity index (χ2v) is 6.64. The number of nitrogens with one attached hydrogen (secondary N) is 2. The van der Waals surface area contributed by atoms with Crippen molar-refractivity contribution in [3.05, 3.63) is 63.6 Å². The van der Waals surface area contributed by atoms with E-state index in [0.717, 1.165) is 16.9 Å². The molecule has 0 aliphatic carbocycles. The lowest BCUT2D eigenvalue weighted by Gasteiger charge is -2.19. The predicted octanol–water partition coefficient (Wildman–Crippen LogP) is 4.53. The zero-order valence-corrected chi connectivity index (χ0v) is 16.0. The van der Waals surface area contributed by atoms with Crippen molar-refractivity contribution in [3.63, 3.8) is 0 Å². The number of carbonyl (C=O) groups excluding carboxylic acids is 1. The summed E-state index contributed by atoms with van der Waals surface area (Å²) >= 11 is 12.1. The van der Waals surface area contributed by atoms with E-state index < -0.39 is 0 Å². The van der Waals surface area contributed by atoms with Gasteiger partial charge in [-0.3, -0.25) is 4.79 Å². The van der Waals surface area contributed by atoms with Crippen LogP contribution >= 0.6 is 23.2 Å². The van der Waals surface area contributed by atoms with Crippen LogP contribution in [-0.2, 0) is 4.79 Å². The van der Waals surface area contributed by atoms with Crippen molar-refractivity contribution in [2.75, 3.05) is 13.7 Å². The number of methoxy groups -OCH3 is 1. The quantitative estimate of drug-likeness (QED) is 0.741. The average Bonchev–Trinajstić information content (AvgIpc) is 2.59. The van der Waals surface area contributed by atoms with Crippen LogP contribution < -0.4 is 15.4 Å². The van der Waals surface area contributed by atoms with E-state index in [1.165, 1.54) is 0 Å². The lowest BCUT2D eigenvalue weighted by molar-refractivity contribution is -0.121. The van der Waals surface area contributed by atoms with Crippen molar-refractivity contribution in [2.45, 2.75) is 25.9 Å². The van der Waals surface area contributed by atoms with E-state index in [9.17, 15) is 4.79 Å². The SMILES string of the molecule is COc1ccccc1C(C)NC(=O)CNC(C)c1ccc(Cl)cc1Cl. The molecule has 2 aromatic carbocycles. The fourth-order valence-corrected chi connectivity index (χ4v) is 3.17. The fraction of sp³-hybridized carbons (Fsp3) is 0.316. The zero-order valence-electron chi connectivity index (χ0n) is 14.5. The van der Waals surface area contributed by atoms with Crippen molar-refractivity contribution in [2.24, 2.45) is 0 Å². The monoisotopic (exact) mass is 380 g/mol. The molecule has 0 aliphatic rings. The highest BCUT2D eigenvalue weighted by Gasteiger charge is 2.15. The third-order valence-electron chi connectivity index (χ3n) is 3.98. The maximum atomic E-state index is 12.2. The van der Waals surface area contributed by atoms with E-state index in [1.807, 2.05) is 44.2 Å². The minimum absolute atomic E-state index is 0.0721. The lowest BCUT2D eigenvalue weighted by Crippen LogP contribution is -2.36. The zero-order chi connectivity index (χ0) is 18.4. The number of ether oxygens (including phenoxy) is 1. The Kier molecular flexibility index (Phi) is 7.12. The summed E-state index contributed by atoms with van der Waals surface area (Å²) in [5, 5.41) is 7.31. The van der Waals surface area contributed by atoms with Crippen molar-refractivity contribution in [1.29, 1.82) is 0 Å². The van der Waals surface area contributed by atoms with Gasteiger partial charge in [0.25, 0.3) is 0 Å². The minimum atomic E-state index is -0.153. The predicted molar refractivity (Wildman–Crippen MR) is 102 cm³/mol. The number of hydrogen-bond acceptors (Lipinski definition) is 3. The van der Waals surface area contributed by atoms with Gasteiger partial charge < -0.3 is 15.4 Å². The Bertz CT molecular complexity index is 737. The van der Waals surface area contributed by atoms with E-state index >= 15 is 0 Å². The first-order chi connectivity index (χ1) is 11.9. The smallest absolute Gasteiger partial charge is 0.234 e. The number of hydrogen-bond donors (Lipinski definition) is 2. The maximum absolute atomic E-state index is 12.2. The molecule has 0 aromatic heterocycles. The standard InChI is InChI=1S/C19H22Cl2N2O2/c1-12(15-9-8-14(20)10-17(15)21)22-11-19(24)23-13(2)16-6-4-5-7-18(16)25-3/h4-10,12-13,22H,11H2,1-3H3,(H,23,24). The average molecular weight is 381 g/mol. The second-order valence-electron chi connectivity index (χ2n) is 5.80. The van der Waals surface area contributed by atoms with E-state index in [0.29, 0.717) is 10.0 Å². The molecule has 6 heteroatoms. The molecule has 2 aromatic rings. The van der Waals surface area contributed by atoms with Gasteiger partial charge in [0.05, 0.1) is 19.7 Å². The maximum Gasteiger partial charge on any atom is 0.234 e. The number of benzene rings is 2. The van der Waals surface area contributed by atoms with Gasteiger partial charge in [0.1, 0.15) is 5.75 Å². The molecule has 0 bridgehead atoms. The summed E-state index contributed by atoms with van der Waals surface area (Å²) in [5.41, 5.74) is 1.84. The van der Waals surface area contributed by atoms with Crippen LogP contribution in [0, 0.1) is 0 Å². The van der Waals surface area contributed by atoms with Crippen molar-refractivity contribution in [3.8, 4) is 5.75 Å². The highest BCUT2D eigenvalue weighted by Crippen LogP contribution is 2.26. The minimum Gasteiger partial charge on any atom is -0.496 e. The van der Waals surface area contributed by atoms with Crippen LogP contribution in [-0.4, -0.2) is 19.6 Å². The van der Waals surface area contributed by atoms with Gasteiger partial charge in [-0.1, -0.05) is 47.5 Å². The third kappa shape index (κ3) is 5.36. The summed E-state index contributed by atoms with van der Waals surface area (Å²) < 4.78 is 5.33. The van der Waals surface area contributed by atoms with Crippen LogP contribution in [0.5, 0.6) is 5.75 Å². The highest BCUT2D eigenvalue weighted by atomic mass is 35.5. The molecule has 2 rings (SSSR count). The van der Waals surface area contributed by atoms with Gasteiger partial charge in [0.2, 0.25) is 5.91 Å². The largest absolute Gasteiger partial charge is 0.496 e. The molecule has 0 radical (unpaired) electrons. The number of para-hydroxylation sites is 1. The molecule has 0 heterocycles. The molecule has 4 nitrogen and oxygen atoms in total. The lowest BCUT2D eigenvalue weighted by atomic mass is 10.1. The molecule has 25 heavy (non-hydrogen) atoms. The van der Waals surface area contributed by atoms with E-state index in [1.54, 1.807) is 19.2 Å². The molecular weight excluding hydrogens is 359 g/mol. The molecule has 0 saturated carbocycles. The summed E-state index contributed by atoms with van der Waals surface area (Å²) in [7, 11) is 1.62. The van der Waals surface area contributed by atoms with Crippen LogP contribution in [0.3, 0.4) is 0 Å². The van der Waals surface area contributed by atoms with Gasteiger partial charge in [-0.15, -0.1) is 0 Å². The second kappa shape index (κ2) is 9.09. The first-order valence-electron chi connectivity index (χ1n) is 8.03. The number of amides is 1. The summed E-state index contributed by atoms with van der Waals surface area (Å²) in [4.78, 5) is 12.2. The fourth-order valence-electron chi connectivity index (χ4n) is 2.60. The molecular formula is C19H22Cl2N2O2. The first kappa shape index (κ1) is 19.6. The summed E-state index contributed by atoms with van der Waals surface area (Å²) in [6.45, 7) is 4.06. The van der Waals surface area contributed by atoms with Crippen LogP contribution in [0.15, 0.2) is 42.5 Å². The summed E-state index contributed by atoms with van der Waals surface area (Å²) in [6.07, 6.45) is 0. The molecule has 134 valence electrons. The number of carbonyl (C=O) groups is 1. The van der Waals surface area contributed by atoms with Crippen LogP contribution in [0.2, 0.25) is 10.0 Å². The van der Waals surface area contributed by atoms with Gasteiger partial charge >= 0.3 is 0 Å². The Balaban J connectivity index is 1.91. The van der Waals surface area contributed by atoms with Gasteiger partial charge in [0.15, 0.2) is 0 Å². The summed E-state index contributed by atoms with van der Waals surface area (Å²) in [5.74, 6) is 0.653. The molecule has 0 spiro atoms. The van der Waals surface area contributed by atoms with E-state index in [-0.39, 0.29) is 24.5 Å². The first-order valence-corrected chi connectivity index (χ1v) is 8.78. The van der Waals surface area contributed by atoms with E-state index in [2.05, 4.69) is 10.6 Å². The Labute approximate surface area is 158 Å². The Morgan fingerprint density at radius 2 is 1.80 bits per heavy atom. The van der Waals surface area contributed by atoms with Gasteiger partial charge in [0, 0.05) is 21.7 Å². The molecule has 1 amide bonds. The molecule has 2 unspecified atom stereocenters. The number of rotatable bonds is 7. The van der Waals surface area contributed by atoms with Crippen LogP contribution in [0.4, 0.5) is 0 Å². The van der Waals surface area contributed by atoms with Crippen molar-refractivity contribution >= 4 is 29.1 Å². The Hall–Kier alpha value is -1.75. The van der Waals surface area contributed by atoms with Crippen molar-refractivity contribution < 1.29 is 9.53 Å². The van der Waals surface area contributed by atoms with Crippen LogP contribution in [0.25, 0.3) is 0 Å². The summed E-state index contributed by atoms with van der Waals surface area (Å²) in [6, 6.07) is 12.7. The van der Waals surface area contributed by atoms with Crippen molar-refractivity contribution in [1.82, 2.24) is 10.6 Å². The van der Waals surface area contributed by atoms with Crippen LogP contribution in [0.1, 0.15) is 37.1 Å². The molecule has 2 N–H and O–H groups in total. The Morgan fingerprint density at radius 1 is 1.08 bits per heavy atom. The molecule has 0 fully saturated rings. The van der Waals surface area contributed by atoms with Gasteiger partial charge in [-0.2, -0.15) is 0 Å². The van der Waals surface area contributed by atoms with E-state index in [4.69, 9.17) is 27.9 Å². The topological polar surface area (TPSA) is 50.4 Å². The normalized spacial score (nSPS) is 13.2. The number of halogens is 2. The van der Waals surface area contributed by atoms with Gasteiger partial charge in [-0.25, -0.2) is 0 Å². The molecule has 2 atom stereocenters. The molecule has 0 saturated heterocycles. The third-order valence-corrected chi connectivity index (χ3v) is 4.54. The van der Waals surface area contributed by atoms with Gasteiger partial charge in [-0.05, 0) is 37.6 Å². The molecule has 0 aliphatic heterocycles.